The van der Waals surface area contributed by atoms with E-state index in [-0.39, 0.29) is 12.5 Å². The van der Waals surface area contributed by atoms with E-state index in [1.807, 2.05) is 0 Å². The van der Waals surface area contributed by atoms with Crippen LogP contribution in [0.5, 0.6) is 0 Å². The molecule has 6 heteroatoms. The lowest BCUT2D eigenvalue weighted by Crippen LogP contribution is -2.45. The highest BCUT2D eigenvalue weighted by Gasteiger charge is 2.12. The van der Waals surface area contributed by atoms with Gasteiger partial charge in [-0.25, -0.2) is 4.99 Å². The van der Waals surface area contributed by atoms with Gasteiger partial charge in [0.05, 0.1) is 0 Å². The van der Waals surface area contributed by atoms with Gasteiger partial charge in [-0.05, 0) is 34.1 Å². The summed E-state index contributed by atoms with van der Waals surface area (Å²) in [7, 11) is 3.50. The summed E-state index contributed by atoms with van der Waals surface area (Å²) >= 11 is 0. The largest absolute Gasteiger partial charge is 0.356 e. The molecule has 0 aliphatic rings. The summed E-state index contributed by atoms with van der Waals surface area (Å²) in [5.41, 5.74) is 0. The average Bonchev–Trinajstić information content (AvgIpc) is 2.47. The summed E-state index contributed by atoms with van der Waals surface area (Å²) in [5, 5.41) is 6.64. The molecular weight excluding hydrogens is 290 g/mol. The van der Waals surface area contributed by atoms with Crippen molar-refractivity contribution >= 4 is 11.9 Å². The Balaban J connectivity index is 4.50. The van der Waals surface area contributed by atoms with E-state index in [4.69, 9.17) is 0 Å². The van der Waals surface area contributed by atoms with E-state index in [1.165, 1.54) is 0 Å². The molecule has 23 heavy (non-hydrogen) atoms. The third kappa shape index (κ3) is 10.2. The van der Waals surface area contributed by atoms with Crippen LogP contribution in [-0.4, -0.2) is 74.0 Å². The number of unbranched alkanes of at least 4 members (excludes halogenated alkanes) is 1. The molecule has 1 amide bonds. The number of likely N-dealkylation sites (N-methyl/N-ethyl adjacent to an activating group) is 1. The van der Waals surface area contributed by atoms with E-state index in [2.05, 4.69) is 55.1 Å². The SMILES string of the molecule is CCCCNC(=NCC(=O)N(C)C)NCCN(C(C)C)C(C)C. The maximum absolute atomic E-state index is 11.7. The first-order valence-corrected chi connectivity index (χ1v) is 8.77. The fourth-order valence-corrected chi connectivity index (χ4v) is 2.26. The third-order valence-electron chi connectivity index (χ3n) is 3.68. The fraction of sp³-hybridized carbons (Fsp3) is 0.882. The smallest absolute Gasteiger partial charge is 0.243 e. The molecule has 0 aromatic carbocycles. The van der Waals surface area contributed by atoms with Gasteiger partial charge in [-0.2, -0.15) is 0 Å². The number of nitrogens with one attached hydrogen (secondary N) is 2. The number of nitrogens with zero attached hydrogens (tertiary/aromatic N) is 3. The minimum Gasteiger partial charge on any atom is -0.356 e. The predicted molar refractivity (Wildman–Crippen MR) is 98.9 cm³/mol. The van der Waals surface area contributed by atoms with Gasteiger partial charge >= 0.3 is 0 Å². The molecule has 0 rings (SSSR count). The van der Waals surface area contributed by atoms with Crippen molar-refractivity contribution in [1.82, 2.24) is 20.4 Å². The normalized spacial score (nSPS) is 12.2. The van der Waals surface area contributed by atoms with E-state index in [9.17, 15) is 4.79 Å². The van der Waals surface area contributed by atoms with Crippen molar-refractivity contribution < 1.29 is 4.79 Å². The van der Waals surface area contributed by atoms with Crippen LogP contribution in [0, 0.1) is 0 Å². The third-order valence-corrected chi connectivity index (χ3v) is 3.68. The molecule has 0 aliphatic carbocycles. The minimum atomic E-state index is 0.00702. The average molecular weight is 328 g/mol. The minimum absolute atomic E-state index is 0.00702. The Morgan fingerprint density at radius 1 is 1.04 bits per heavy atom. The van der Waals surface area contributed by atoms with Crippen molar-refractivity contribution in [1.29, 1.82) is 0 Å². The molecule has 0 atom stereocenters. The zero-order valence-corrected chi connectivity index (χ0v) is 16.1. The zero-order chi connectivity index (χ0) is 17.8. The molecule has 0 spiro atoms. The molecule has 2 N–H and O–H groups in total. The first-order valence-electron chi connectivity index (χ1n) is 8.77. The van der Waals surface area contributed by atoms with Crippen LogP contribution < -0.4 is 10.6 Å². The highest BCUT2D eigenvalue weighted by atomic mass is 16.2. The lowest BCUT2D eigenvalue weighted by atomic mass is 10.2. The molecule has 0 aliphatic heterocycles. The van der Waals surface area contributed by atoms with Gasteiger partial charge in [0.15, 0.2) is 5.96 Å². The molecule has 0 aromatic rings. The first kappa shape index (κ1) is 21.7. The summed E-state index contributed by atoms with van der Waals surface area (Å²) in [5.74, 6) is 0.730. The molecule has 0 heterocycles. The van der Waals surface area contributed by atoms with Gasteiger partial charge in [0.1, 0.15) is 6.54 Å². The number of guanidine groups is 1. The van der Waals surface area contributed by atoms with Gasteiger partial charge in [-0.1, -0.05) is 13.3 Å². The predicted octanol–water partition coefficient (Wildman–Crippen LogP) is 1.53. The van der Waals surface area contributed by atoms with Crippen LogP contribution in [0.1, 0.15) is 47.5 Å². The van der Waals surface area contributed by atoms with Gasteiger partial charge < -0.3 is 15.5 Å². The lowest BCUT2D eigenvalue weighted by molar-refractivity contribution is -0.127. The Morgan fingerprint density at radius 2 is 1.61 bits per heavy atom. The highest BCUT2D eigenvalue weighted by molar-refractivity contribution is 5.84. The van der Waals surface area contributed by atoms with E-state index >= 15 is 0 Å². The summed E-state index contributed by atoms with van der Waals surface area (Å²) in [6.45, 7) is 13.8. The summed E-state index contributed by atoms with van der Waals surface area (Å²) in [6.07, 6.45) is 2.22. The number of carbonyl (C=O) groups excluding carboxylic acids is 1. The van der Waals surface area contributed by atoms with Gasteiger partial charge in [-0.3, -0.25) is 9.69 Å². The van der Waals surface area contributed by atoms with Crippen LogP contribution in [0.2, 0.25) is 0 Å². The Hall–Kier alpha value is -1.30. The number of hydrogen-bond donors (Lipinski definition) is 2. The van der Waals surface area contributed by atoms with Crippen LogP contribution in [0.3, 0.4) is 0 Å². The summed E-state index contributed by atoms with van der Waals surface area (Å²) < 4.78 is 0. The molecular formula is C17H37N5O. The van der Waals surface area contributed by atoms with Gasteiger partial charge in [0, 0.05) is 45.8 Å². The Morgan fingerprint density at radius 3 is 2.09 bits per heavy atom. The Bertz CT molecular complexity index is 345. The second-order valence-electron chi connectivity index (χ2n) is 6.59. The molecule has 0 saturated carbocycles. The van der Waals surface area contributed by atoms with Crippen LogP contribution in [-0.2, 0) is 4.79 Å². The molecule has 0 unspecified atom stereocenters. The quantitative estimate of drug-likeness (QED) is 0.363. The Kier molecular flexibility index (Phi) is 11.5. The molecule has 6 nitrogen and oxygen atoms in total. The van der Waals surface area contributed by atoms with Gasteiger partial charge in [0.25, 0.3) is 0 Å². The molecule has 0 saturated heterocycles. The van der Waals surface area contributed by atoms with Crippen molar-refractivity contribution in [3.05, 3.63) is 0 Å². The van der Waals surface area contributed by atoms with Crippen molar-refractivity contribution in [2.45, 2.75) is 59.5 Å². The number of carbonyl (C=O) groups is 1. The second-order valence-corrected chi connectivity index (χ2v) is 6.59. The van der Waals surface area contributed by atoms with Crippen molar-refractivity contribution in [3.8, 4) is 0 Å². The van der Waals surface area contributed by atoms with E-state index in [0.29, 0.717) is 12.1 Å². The van der Waals surface area contributed by atoms with Crippen molar-refractivity contribution in [2.24, 2.45) is 4.99 Å². The molecule has 0 radical (unpaired) electrons. The maximum atomic E-state index is 11.7. The van der Waals surface area contributed by atoms with Crippen LogP contribution >= 0.6 is 0 Å². The monoisotopic (exact) mass is 327 g/mol. The number of rotatable bonds is 10. The molecule has 0 bridgehead atoms. The van der Waals surface area contributed by atoms with E-state index in [0.717, 1.165) is 38.4 Å². The zero-order valence-electron chi connectivity index (χ0n) is 16.1. The van der Waals surface area contributed by atoms with Gasteiger partial charge in [0.2, 0.25) is 5.91 Å². The second kappa shape index (κ2) is 12.2. The van der Waals surface area contributed by atoms with Gasteiger partial charge in [-0.15, -0.1) is 0 Å². The standard InChI is InChI=1S/C17H37N5O/c1-8-9-10-18-17(20-13-16(23)21(6)7)19-11-12-22(14(2)3)15(4)5/h14-15H,8-13H2,1-7H3,(H2,18,19,20). The summed E-state index contributed by atoms with van der Waals surface area (Å²) in [4.78, 5) is 20.1. The maximum Gasteiger partial charge on any atom is 0.243 e. The summed E-state index contributed by atoms with van der Waals surface area (Å²) in [6, 6.07) is 1.03. The lowest BCUT2D eigenvalue weighted by Gasteiger charge is -2.30. The van der Waals surface area contributed by atoms with E-state index < -0.39 is 0 Å². The van der Waals surface area contributed by atoms with Crippen LogP contribution in [0.4, 0.5) is 0 Å². The molecule has 136 valence electrons. The van der Waals surface area contributed by atoms with Crippen molar-refractivity contribution in [2.75, 3.05) is 40.3 Å². The molecule has 0 aromatic heterocycles. The first-order chi connectivity index (χ1) is 10.8. The number of amides is 1. The number of hydrogen-bond acceptors (Lipinski definition) is 3. The number of aliphatic imine (C=N–C) groups is 1. The highest BCUT2D eigenvalue weighted by Crippen LogP contribution is 2.03. The van der Waals surface area contributed by atoms with Crippen LogP contribution in [0.15, 0.2) is 4.99 Å². The van der Waals surface area contributed by atoms with Crippen molar-refractivity contribution in [3.63, 3.8) is 0 Å². The fourth-order valence-electron chi connectivity index (χ4n) is 2.26. The Labute approximate surface area is 142 Å². The topological polar surface area (TPSA) is 60.0 Å². The van der Waals surface area contributed by atoms with E-state index in [1.54, 1.807) is 19.0 Å². The molecule has 0 fully saturated rings. The van der Waals surface area contributed by atoms with Crippen LogP contribution in [0.25, 0.3) is 0 Å².